The van der Waals surface area contributed by atoms with Crippen LogP contribution in [0.25, 0.3) is 0 Å². The lowest BCUT2D eigenvalue weighted by Gasteiger charge is -2.24. The molecule has 2 unspecified atom stereocenters. The van der Waals surface area contributed by atoms with E-state index in [4.69, 9.17) is 0 Å². The van der Waals surface area contributed by atoms with Crippen molar-refractivity contribution in [2.24, 2.45) is 4.99 Å². The fraction of sp³-hybridized carbons (Fsp3) is 0.474. The summed E-state index contributed by atoms with van der Waals surface area (Å²) >= 11 is 0. The van der Waals surface area contributed by atoms with Crippen molar-refractivity contribution in [3.8, 4) is 0 Å². The number of halogens is 1. The van der Waals surface area contributed by atoms with Crippen molar-refractivity contribution in [1.29, 1.82) is 0 Å². The highest BCUT2D eigenvalue weighted by Gasteiger charge is 2.15. The van der Waals surface area contributed by atoms with Crippen molar-refractivity contribution in [2.75, 3.05) is 13.1 Å². The number of hydrogen-bond acceptors (Lipinski definition) is 2. The third-order valence-electron chi connectivity index (χ3n) is 4.15. The minimum absolute atomic E-state index is 0. The van der Waals surface area contributed by atoms with Gasteiger partial charge in [-0.05, 0) is 31.9 Å². The molecule has 0 saturated heterocycles. The Kier molecular flexibility index (Phi) is 9.55. The van der Waals surface area contributed by atoms with Gasteiger partial charge in [0.15, 0.2) is 5.96 Å². The van der Waals surface area contributed by atoms with Gasteiger partial charge in [-0.15, -0.1) is 24.0 Å². The molecule has 25 heavy (non-hydrogen) atoms. The molecule has 2 N–H and O–H groups in total. The van der Waals surface area contributed by atoms with E-state index in [9.17, 15) is 0 Å². The molecule has 2 atom stereocenters. The molecule has 0 aliphatic heterocycles. The Hall–Kier alpha value is -1.57. The molecular formula is C19H30IN5. The highest BCUT2D eigenvalue weighted by atomic mass is 127. The number of aliphatic imine (C=N–C) groups is 1. The monoisotopic (exact) mass is 455 g/mol. The second kappa shape index (κ2) is 11.1. The predicted octanol–water partition coefficient (Wildman–Crippen LogP) is 3.56. The van der Waals surface area contributed by atoms with Gasteiger partial charge in [0.2, 0.25) is 0 Å². The normalized spacial score (nSPS) is 13.7. The van der Waals surface area contributed by atoms with Crippen molar-refractivity contribution < 1.29 is 0 Å². The zero-order valence-corrected chi connectivity index (χ0v) is 17.9. The van der Waals surface area contributed by atoms with Crippen LogP contribution in [0.5, 0.6) is 0 Å². The van der Waals surface area contributed by atoms with E-state index in [1.54, 1.807) is 0 Å². The van der Waals surface area contributed by atoms with Gasteiger partial charge in [-0.2, -0.15) is 5.10 Å². The third-order valence-corrected chi connectivity index (χ3v) is 4.15. The average Bonchev–Trinajstić information content (AvgIpc) is 3.00. The maximum absolute atomic E-state index is 4.67. The van der Waals surface area contributed by atoms with Crippen LogP contribution in [-0.2, 0) is 6.54 Å². The highest BCUT2D eigenvalue weighted by molar-refractivity contribution is 14.0. The van der Waals surface area contributed by atoms with Crippen LogP contribution in [-0.4, -0.2) is 34.9 Å². The summed E-state index contributed by atoms with van der Waals surface area (Å²) in [4.78, 5) is 4.67. The van der Waals surface area contributed by atoms with E-state index in [0.717, 1.165) is 19.0 Å². The van der Waals surface area contributed by atoms with Crippen LogP contribution >= 0.6 is 24.0 Å². The van der Waals surface area contributed by atoms with E-state index in [-0.39, 0.29) is 30.0 Å². The third kappa shape index (κ3) is 7.05. The van der Waals surface area contributed by atoms with Gasteiger partial charge >= 0.3 is 0 Å². The quantitative estimate of drug-likeness (QED) is 0.382. The fourth-order valence-corrected chi connectivity index (χ4v) is 2.56. The maximum Gasteiger partial charge on any atom is 0.191 e. The Labute approximate surface area is 168 Å². The van der Waals surface area contributed by atoms with Gasteiger partial charge in [-0.25, -0.2) is 0 Å². The fourth-order valence-electron chi connectivity index (χ4n) is 2.56. The first kappa shape index (κ1) is 21.5. The molecule has 6 heteroatoms. The van der Waals surface area contributed by atoms with Crippen LogP contribution in [0.1, 0.15) is 37.8 Å². The minimum Gasteiger partial charge on any atom is -0.357 e. The van der Waals surface area contributed by atoms with E-state index in [1.165, 1.54) is 11.1 Å². The van der Waals surface area contributed by atoms with Gasteiger partial charge in [-0.1, -0.05) is 37.3 Å². The van der Waals surface area contributed by atoms with E-state index >= 15 is 0 Å². The largest absolute Gasteiger partial charge is 0.357 e. The molecule has 0 saturated carbocycles. The Morgan fingerprint density at radius 3 is 2.56 bits per heavy atom. The molecule has 138 valence electrons. The summed E-state index contributed by atoms with van der Waals surface area (Å²) in [5.41, 5.74) is 2.51. The number of aromatic nitrogens is 2. The predicted molar refractivity (Wildman–Crippen MR) is 116 cm³/mol. The lowest BCUT2D eigenvalue weighted by molar-refractivity contribution is 0.548. The molecule has 0 amide bonds. The molecule has 0 spiro atoms. The number of nitrogens with one attached hydrogen (secondary N) is 2. The zero-order valence-electron chi connectivity index (χ0n) is 15.6. The Morgan fingerprint density at radius 1 is 1.24 bits per heavy atom. The van der Waals surface area contributed by atoms with E-state index < -0.39 is 0 Å². The molecule has 1 heterocycles. The van der Waals surface area contributed by atoms with Gasteiger partial charge in [-0.3, -0.25) is 9.67 Å². The lowest BCUT2D eigenvalue weighted by atomic mass is 9.94. The summed E-state index contributed by atoms with van der Waals surface area (Å²) in [5, 5.41) is 11.1. The molecule has 5 nitrogen and oxygen atoms in total. The van der Waals surface area contributed by atoms with Crippen molar-refractivity contribution in [1.82, 2.24) is 20.4 Å². The SMILES string of the molecule is CCNC(=NCCn1cc(C)cn1)NC(C)C(C)c1ccccc1.I. The Balaban J connectivity index is 0.00000312. The van der Waals surface area contributed by atoms with Crippen LogP contribution in [0.4, 0.5) is 0 Å². The van der Waals surface area contributed by atoms with Crippen molar-refractivity contribution in [3.63, 3.8) is 0 Å². The molecule has 0 radical (unpaired) electrons. The summed E-state index contributed by atoms with van der Waals surface area (Å²) in [5.74, 6) is 1.26. The van der Waals surface area contributed by atoms with Crippen LogP contribution in [0.15, 0.2) is 47.7 Å². The van der Waals surface area contributed by atoms with Gasteiger partial charge in [0.25, 0.3) is 0 Å². The molecular weight excluding hydrogens is 425 g/mol. The topological polar surface area (TPSA) is 54.2 Å². The molecule has 0 aliphatic carbocycles. The van der Waals surface area contributed by atoms with Crippen LogP contribution in [0.3, 0.4) is 0 Å². The molecule has 2 aromatic rings. The summed E-state index contributed by atoms with van der Waals surface area (Å²) < 4.78 is 1.93. The van der Waals surface area contributed by atoms with Gasteiger partial charge < -0.3 is 10.6 Å². The van der Waals surface area contributed by atoms with Gasteiger partial charge in [0.05, 0.1) is 19.3 Å². The lowest BCUT2D eigenvalue weighted by Crippen LogP contribution is -2.44. The second-order valence-electron chi connectivity index (χ2n) is 6.17. The minimum atomic E-state index is 0. The highest BCUT2D eigenvalue weighted by Crippen LogP contribution is 2.18. The molecule has 0 fully saturated rings. The summed E-state index contributed by atoms with van der Waals surface area (Å²) in [6.45, 7) is 10.9. The standard InChI is InChI=1S/C19H29N5.HI/c1-5-20-19(21-11-12-24-14-15(2)13-22-24)23-17(4)16(3)18-9-7-6-8-10-18;/h6-10,13-14,16-17H,5,11-12H2,1-4H3,(H2,20,21,23);1H. The van der Waals surface area contributed by atoms with Gasteiger partial charge in [0.1, 0.15) is 0 Å². The Morgan fingerprint density at radius 2 is 1.96 bits per heavy atom. The van der Waals surface area contributed by atoms with Crippen LogP contribution < -0.4 is 10.6 Å². The van der Waals surface area contributed by atoms with Gasteiger partial charge in [0, 0.05) is 24.7 Å². The number of rotatable bonds is 7. The number of guanidine groups is 1. The zero-order chi connectivity index (χ0) is 17.4. The number of nitrogens with zero attached hydrogens (tertiary/aromatic N) is 3. The summed E-state index contributed by atoms with van der Waals surface area (Å²) in [6, 6.07) is 10.9. The van der Waals surface area contributed by atoms with E-state index in [0.29, 0.717) is 12.5 Å². The molecule has 2 rings (SSSR count). The van der Waals surface area contributed by atoms with Crippen molar-refractivity contribution >= 4 is 29.9 Å². The average molecular weight is 455 g/mol. The second-order valence-corrected chi connectivity index (χ2v) is 6.17. The van der Waals surface area contributed by atoms with Crippen LogP contribution in [0, 0.1) is 6.92 Å². The first-order valence-electron chi connectivity index (χ1n) is 8.69. The number of benzene rings is 1. The molecule has 0 aliphatic rings. The first-order valence-corrected chi connectivity index (χ1v) is 8.69. The summed E-state index contributed by atoms with van der Waals surface area (Å²) in [7, 11) is 0. The van der Waals surface area contributed by atoms with Crippen molar-refractivity contribution in [2.45, 2.75) is 46.2 Å². The number of hydrogen-bond donors (Lipinski definition) is 2. The number of aryl methyl sites for hydroxylation is 1. The smallest absolute Gasteiger partial charge is 0.191 e. The molecule has 1 aromatic heterocycles. The summed E-state index contributed by atoms with van der Waals surface area (Å²) in [6.07, 6.45) is 3.91. The van der Waals surface area contributed by atoms with Crippen molar-refractivity contribution in [3.05, 3.63) is 53.9 Å². The first-order chi connectivity index (χ1) is 11.6. The molecule has 0 bridgehead atoms. The maximum atomic E-state index is 4.67. The van der Waals surface area contributed by atoms with E-state index in [1.807, 2.05) is 24.0 Å². The Bertz CT molecular complexity index is 638. The van der Waals surface area contributed by atoms with E-state index in [2.05, 4.69) is 71.8 Å². The molecule has 1 aromatic carbocycles. The van der Waals surface area contributed by atoms with Crippen LogP contribution in [0.2, 0.25) is 0 Å².